The quantitative estimate of drug-likeness (QED) is 0.550. The van der Waals surface area contributed by atoms with Crippen LogP contribution >= 0.6 is 0 Å². The summed E-state index contributed by atoms with van der Waals surface area (Å²) in [7, 11) is 0. The van der Waals surface area contributed by atoms with E-state index in [0.29, 0.717) is 11.1 Å². The Labute approximate surface area is 154 Å². The number of amides is 2. The van der Waals surface area contributed by atoms with Crippen LogP contribution < -0.4 is 5.32 Å². The number of aromatic nitrogens is 1. The Morgan fingerprint density at radius 1 is 1.52 bits per heavy atom. The summed E-state index contributed by atoms with van der Waals surface area (Å²) in [4.78, 5) is 28.8. The average molecular weight is 388 g/mol. The summed E-state index contributed by atoms with van der Waals surface area (Å²) in [5.41, 5.74) is 1.40. The number of H-pyrrole nitrogens is 1. The summed E-state index contributed by atoms with van der Waals surface area (Å²) < 4.78 is 13.6. The third-order valence-corrected chi connectivity index (χ3v) is 4.22. The molecule has 2 amide bonds. The number of hydrogen-bond donors (Lipinski definition) is 3. The second-order valence-corrected chi connectivity index (χ2v) is 5.92. The number of carbonyl (C=O) groups is 2. The van der Waals surface area contributed by atoms with Crippen LogP contribution in [0.4, 0.5) is 4.39 Å². The van der Waals surface area contributed by atoms with Crippen molar-refractivity contribution in [1.29, 1.82) is 5.41 Å². The van der Waals surface area contributed by atoms with E-state index in [1.807, 2.05) is 0 Å². The van der Waals surface area contributed by atoms with Crippen LogP contribution in [0.1, 0.15) is 23.7 Å². The van der Waals surface area contributed by atoms with Gasteiger partial charge in [0.15, 0.2) is 0 Å². The van der Waals surface area contributed by atoms with Crippen molar-refractivity contribution in [3.05, 3.63) is 36.0 Å². The van der Waals surface area contributed by atoms with Crippen molar-refractivity contribution < 1.29 is 30.8 Å². The zero-order valence-electron chi connectivity index (χ0n) is 13.6. The van der Waals surface area contributed by atoms with Gasteiger partial charge in [-0.25, -0.2) is 4.39 Å². The average Bonchev–Trinajstić information content (AvgIpc) is 3.16. The summed E-state index contributed by atoms with van der Waals surface area (Å²) in [5.74, 6) is -0.764. The Bertz CT molecular complexity index is 807. The van der Waals surface area contributed by atoms with Gasteiger partial charge in [0.2, 0.25) is 11.8 Å². The third kappa shape index (κ3) is 3.90. The van der Waals surface area contributed by atoms with E-state index in [-0.39, 0.29) is 53.8 Å². The molecule has 2 aromatic rings. The number of hydrogen-bond acceptors (Lipinski definition) is 3. The number of likely N-dealkylation sites (tertiary alicyclic amines) is 1. The molecule has 8 heteroatoms. The summed E-state index contributed by atoms with van der Waals surface area (Å²) >= 11 is 0. The van der Waals surface area contributed by atoms with Crippen molar-refractivity contribution in [3.8, 4) is 0 Å². The van der Waals surface area contributed by atoms with Crippen molar-refractivity contribution in [1.82, 2.24) is 15.2 Å². The van der Waals surface area contributed by atoms with Gasteiger partial charge in [-0.05, 0) is 6.92 Å². The molecule has 6 nitrogen and oxygen atoms in total. The second-order valence-electron chi connectivity index (χ2n) is 5.92. The fraction of sp³-hybridized carbons (Fsp3) is 0.353. The first-order valence-corrected chi connectivity index (χ1v) is 7.72. The maximum Gasteiger partial charge on any atom is 0.242 e. The number of fused-ring (bicyclic) bond motifs is 1. The molecule has 0 bridgehead atoms. The predicted octanol–water partition coefficient (Wildman–Crippen LogP) is 1.67. The topological polar surface area (TPSA) is 89.1 Å². The molecule has 3 rings (SSSR count). The van der Waals surface area contributed by atoms with Crippen molar-refractivity contribution in [2.75, 3.05) is 13.1 Å². The molecular formula is C17H18CoFN4O2-. The SMILES string of the molecule is CC(=N)[C@@H]1CC(F)CN1C(=O)CNC(=O)c1c[nH]c2[c-]cccc12.[Co]. The molecule has 1 aromatic carbocycles. The molecular weight excluding hydrogens is 370 g/mol. The van der Waals surface area contributed by atoms with Crippen LogP contribution in [0, 0.1) is 11.5 Å². The Kier molecular flexibility index (Phi) is 5.96. The van der Waals surface area contributed by atoms with E-state index in [2.05, 4.69) is 16.4 Å². The normalized spacial score (nSPS) is 19.5. The van der Waals surface area contributed by atoms with Crippen molar-refractivity contribution in [2.24, 2.45) is 0 Å². The number of nitrogens with zero attached hydrogens (tertiary/aromatic N) is 1. The molecule has 1 saturated heterocycles. The van der Waals surface area contributed by atoms with E-state index in [4.69, 9.17) is 5.41 Å². The molecule has 1 aliphatic heterocycles. The Balaban J connectivity index is 0.00000225. The minimum Gasteiger partial charge on any atom is -0.384 e. The zero-order chi connectivity index (χ0) is 17.3. The third-order valence-electron chi connectivity index (χ3n) is 4.22. The van der Waals surface area contributed by atoms with Crippen LogP contribution in [-0.2, 0) is 21.6 Å². The largest absolute Gasteiger partial charge is 0.384 e. The van der Waals surface area contributed by atoms with E-state index < -0.39 is 12.2 Å². The summed E-state index contributed by atoms with van der Waals surface area (Å²) in [5, 5.41) is 11.0. The molecule has 25 heavy (non-hydrogen) atoms. The first-order chi connectivity index (χ1) is 11.5. The summed E-state index contributed by atoms with van der Waals surface area (Å²) in [6, 6.07) is 7.77. The van der Waals surface area contributed by atoms with Crippen LogP contribution in [0.3, 0.4) is 0 Å². The molecule has 1 radical (unpaired) electrons. The Morgan fingerprint density at radius 2 is 2.28 bits per heavy atom. The van der Waals surface area contributed by atoms with Gasteiger partial charge in [0.05, 0.1) is 19.1 Å². The van der Waals surface area contributed by atoms with Gasteiger partial charge in [-0.15, -0.1) is 0 Å². The molecule has 135 valence electrons. The van der Waals surface area contributed by atoms with Gasteiger partial charge in [-0.2, -0.15) is 24.3 Å². The van der Waals surface area contributed by atoms with Crippen LogP contribution in [0.5, 0.6) is 0 Å². The van der Waals surface area contributed by atoms with Gasteiger partial charge in [0, 0.05) is 40.7 Å². The Morgan fingerprint density at radius 3 is 3.00 bits per heavy atom. The molecule has 2 heterocycles. The van der Waals surface area contributed by atoms with Crippen LogP contribution in [0.25, 0.3) is 10.9 Å². The first-order valence-electron chi connectivity index (χ1n) is 7.72. The number of aromatic amines is 1. The molecule has 2 atom stereocenters. The molecule has 1 aliphatic rings. The Hall–Kier alpha value is -2.19. The first kappa shape index (κ1) is 19.1. The molecule has 0 saturated carbocycles. The van der Waals surface area contributed by atoms with Gasteiger partial charge in [-0.3, -0.25) is 9.59 Å². The number of rotatable bonds is 4. The van der Waals surface area contributed by atoms with E-state index in [1.165, 1.54) is 4.90 Å². The number of halogens is 1. The molecule has 0 spiro atoms. The maximum absolute atomic E-state index is 13.6. The fourth-order valence-electron chi connectivity index (χ4n) is 3.01. The number of alkyl halides is 1. The van der Waals surface area contributed by atoms with Gasteiger partial charge in [0.25, 0.3) is 0 Å². The summed E-state index contributed by atoms with van der Waals surface area (Å²) in [6.07, 6.45) is 0.589. The monoisotopic (exact) mass is 388 g/mol. The van der Waals surface area contributed by atoms with E-state index >= 15 is 0 Å². The van der Waals surface area contributed by atoms with Crippen molar-refractivity contribution >= 4 is 28.4 Å². The van der Waals surface area contributed by atoms with Crippen molar-refractivity contribution in [3.63, 3.8) is 0 Å². The number of nitrogens with one attached hydrogen (secondary N) is 3. The maximum atomic E-state index is 13.6. The molecule has 3 N–H and O–H groups in total. The number of para-hydroxylation sites is 1. The molecule has 1 fully saturated rings. The van der Waals surface area contributed by atoms with Gasteiger partial charge < -0.3 is 20.6 Å². The minimum atomic E-state index is -1.13. The summed E-state index contributed by atoms with van der Waals surface area (Å²) in [6.45, 7) is 1.31. The van der Waals surface area contributed by atoms with Gasteiger partial charge in [0.1, 0.15) is 6.17 Å². The fourth-order valence-corrected chi connectivity index (χ4v) is 3.01. The van der Waals surface area contributed by atoms with Crippen LogP contribution in [0.2, 0.25) is 0 Å². The standard InChI is InChI=1S/C17H18FN4O2.Co/c1-10(19)15-6-11(18)9-22(15)16(23)8-21-17(24)13-7-20-14-5-3-2-4-12(13)14;/h2-4,7,11,15,19-20H,6,8-9H2,1H3,(H,21,24);/q-1;/t11?,15-;/m0./s1. The zero-order valence-corrected chi connectivity index (χ0v) is 14.6. The molecule has 0 aliphatic carbocycles. The number of carbonyl (C=O) groups excluding carboxylic acids is 2. The van der Waals surface area contributed by atoms with Gasteiger partial charge in [-0.1, -0.05) is 10.9 Å². The van der Waals surface area contributed by atoms with E-state index in [1.54, 1.807) is 31.3 Å². The van der Waals surface area contributed by atoms with E-state index in [0.717, 1.165) is 5.39 Å². The second kappa shape index (κ2) is 7.79. The molecule has 1 unspecified atom stereocenters. The van der Waals surface area contributed by atoms with Crippen molar-refractivity contribution in [2.45, 2.75) is 25.6 Å². The van der Waals surface area contributed by atoms with Crippen LogP contribution in [0.15, 0.2) is 24.4 Å². The van der Waals surface area contributed by atoms with Gasteiger partial charge >= 0.3 is 0 Å². The molecule has 1 aromatic heterocycles. The smallest absolute Gasteiger partial charge is 0.242 e. The predicted molar refractivity (Wildman–Crippen MR) is 87.9 cm³/mol. The number of benzene rings is 1. The van der Waals surface area contributed by atoms with E-state index in [9.17, 15) is 14.0 Å². The van der Waals surface area contributed by atoms with Crippen LogP contribution in [-0.4, -0.2) is 52.7 Å². The minimum absolute atomic E-state index is 0.